The third-order valence-electron chi connectivity index (χ3n) is 4.78. The fourth-order valence-electron chi connectivity index (χ4n) is 3.85. The molecule has 1 saturated heterocycles. The summed E-state index contributed by atoms with van der Waals surface area (Å²) in [6, 6.07) is 1.56. The van der Waals surface area contributed by atoms with Crippen molar-refractivity contribution in [1.82, 2.24) is 10.6 Å². The summed E-state index contributed by atoms with van der Waals surface area (Å²) in [5.74, 6) is 0.771. The van der Waals surface area contributed by atoms with Crippen LogP contribution in [0.4, 0.5) is 0 Å². The standard InChI is InChI=1S/C15H30N2O2/c1-11(15(18-2)19-3)17-14-8-5-4-7-12(14)13-9-6-10-16-13/h11-17H,4-10H2,1-3H3. The molecule has 0 spiro atoms. The molecule has 0 amide bonds. The van der Waals surface area contributed by atoms with Gasteiger partial charge in [-0.1, -0.05) is 12.8 Å². The minimum atomic E-state index is -0.154. The Morgan fingerprint density at radius 2 is 1.79 bits per heavy atom. The van der Waals surface area contributed by atoms with Crippen molar-refractivity contribution < 1.29 is 9.47 Å². The van der Waals surface area contributed by atoms with E-state index < -0.39 is 0 Å². The number of nitrogens with one attached hydrogen (secondary N) is 2. The summed E-state index contributed by atoms with van der Waals surface area (Å²) < 4.78 is 10.7. The maximum atomic E-state index is 5.36. The maximum Gasteiger partial charge on any atom is 0.171 e. The van der Waals surface area contributed by atoms with Gasteiger partial charge in [0.15, 0.2) is 6.29 Å². The van der Waals surface area contributed by atoms with Gasteiger partial charge in [0.1, 0.15) is 0 Å². The molecule has 4 atom stereocenters. The topological polar surface area (TPSA) is 42.5 Å². The van der Waals surface area contributed by atoms with Gasteiger partial charge in [-0.05, 0) is 45.1 Å². The third-order valence-corrected chi connectivity index (χ3v) is 4.78. The summed E-state index contributed by atoms with van der Waals surface area (Å²) in [4.78, 5) is 0. The van der Waals surface area contributed by atoms with Crippen molar-refractivity contribution in [2.45, 2.75) is 69.9 Å². The molecule has 0 radical (unpaired) electrons. The van der Waals surface area contributed by atoms with Crippen LogP contribution in [0.1, 0.15) is 45.4 Å². The largest absolute Gasteiger partial charge is 0.354 e. The van der Waals surface area contributed by atoms with Gasteiger partial charge >= 0.3 is 0 Å². The molecule has 1 saturated carbocycles. The molecule has 0 aromatic rings. The Morgan fingerprint density at radius 1 is 1.05 bits per heavy atom. The molecular formula is C15H30N2O2. The molecule has 2 fully saturated rings. The van der Waals surface area contributed by atoms with Crippen LogP contribution in [-0.4, -0.2) is 45.2 Å². The van der Waals surface area contributed by atoms with E-state index in [9.17, 15) is 0 Å². The lowest BCUT2D eigenvalue weighted by atomic mass is 9.79. The molecule has 0 bridgehead atoms. The molecular weight excluding hydrogens is 240 g/mol. The Labute approximate surface area is 117 Å². The highest BCUT2D eigenvalue weighted by Crippen LogP contribution is 2.31. The van der Waals surface area contributed by atoms with Gasteiger partial charge in [0.25, 0.3) is 0 Å². The van der Waals surface area contributed by atoms with Crippen molar-refractivity contribution in [2.75, 3.05) is 20.8 Å². The van der Waals surface area contributed by atoms with Gasteiger partial charge in [-0.3, -0.25) is 0 Å². The van der Waals surface area contributed by atoms with E-state index in [1.165, 1.54) is 45.1 Å². The van der Waals surface area contributed by atoms with E-state index in [2.05, 4.69) is 17.6 Å². The molecule has 4 unspecified atom stereocenters. The number of rotatable bonds is 6. The molecule has 0 aromatic heterocycles. The summed E-state index contributed by atoms with van der Waals surface area (Å²) in [5.41, 5.74) is 0. The lowest BCUT2D eigenvalue weighted by Crippen LogP contribution is -2.52. The third kappa shape index (κ3) is 3.91. The molecule has 2 rings (SSSR count). The van der Waals surface area contributed by atoms with Gasteiger partial charge in [-0.2, -0.15) is 0 Å². The fraction of sp³-hybridized carbons (Fsp3) is 1.00. The second-order valence-electron chi connectivity index (χ2n) is 6.05. The van der Waals surface area contributed by atoms with E-state index in [4.69, 9.17) is 9.47 Å². The van der Waals surface area contributed by atoms with Crippen LogP contribution in [0.25, 0.3) is 0 Å². The summed E-state index contributed by atoms with van der Waals surface area (Å²) >= 11 is 0. The van der Waals surface area contributed by atoms with Crippen LogP contribution < -0.4 is 10.6 Å². The van der Waals surface area contributed by atoms with Gasteiger partial charge in [0, 0.05) is 26.3 Å². The SMILES string of the molecule is COC(OC)C(C)NC1CCCCC1C1CCCN1. The van der Waals surface area contributed by atoms with Crippen LogP contribution in [0.3, 0.4) is 0 Å². The molecule has 2 N–H and O–H groups in total. The first kappa shape index (κ1) is 15.2. The first-order valence-corrected chi connectivity index (χ1v) is 7.81. The zero-order valence-electron chi connectivity index (χ0n) is 12.7. The Hall–Kier alpha value is -0.160. The fourth-order valence-corrected chi connectivity index (χ4v) is 3.85. The Bertz CT molecular complexity index is 253. The number of ether oxygens (including phenoxy) is 2. The average Bonchev–Trinajstić information content (AvgIpc) is 2.94. The van der Waals surface area contributed by atoms with Crippen molar-refractivity contribution in [2.24, 2.45) is 5.92 Å². The minimum absolute atomic E-state index is 0.154. The molecule has 1 aliphatic heterocycles. The molecule has 112 valence electrons. The van der Waals surface area contributed by atoms with E-state index in [1.807, 2.05) is 0 Å². The summed E-state index contributed by atoms with van der Waals surface area (Å²) in [7, 11) is 3.42. The molecule has 0 aromatic carbocycles. The van der Waals surface area contributed by atoms with Crippen LogP contribution in [-0.2, 0) is 9.47 Å². The summed E-state index contributed by atoms with van der Waals surface area (Å²) in [6.45, 7) is 3.35. The van der Waals surface area contributed by atoms with Gasteiger partial charge in [0.2, 0.25) is 0 Å². The zero-order valence-corrected chi connectivity index (χ0v) is 12.7. The van der Waals surface area contributed by atoms with Crippen LogP contribution in [0, 0.1) is 5.92 Å². The lowest BCUT2D eigenvalue weighted by molar-refractivity contribution is -0.122. The molecule has 1 heterocycles. The van der Waals surface area contributed by atoms with E-state index in [-0.39, 0.29) is 12.3 Å². The van der Waals surface area contributed by atoms with Gasteiger partial charge in [-0.25, -0.2) is 0 Å². The lowest BCUT2D eigenvalue weighted by Gasteiger charge is -2.39. The summed E-state index contributed by atoms with van der Waals surface area (Å²) in [5, 5.41) is 7.44. The van der Waals surface area contributed by atoms with E-state index in [0.29, 0.717) is 12.1 Å². The number of hydrogen-bond donors (Lipinski definition) is 2. The quantitative estimate of drug-likeness (QED) is 0.723. The van der Waals surface area contributed by atoms with E-state index in [1.54, 1.807) is 14.2 Å². The smallest absolute Gasteiger partial charge is 0.171 e. The van der Waals surface area contributed by atoms with Gasteiger partial charge < -0.3 is 20.1 Å². The maximum absolute atomic E-state index is 5.36. The Balaban J connectivity index is 1.91. The average molecular weight is 270 g/mol. The Kier molecular flexibility index (Phi) is 6.07. The van der Waals surface area contributed by atoms with Crippen molar-refractivity contribution in [3.05, 3.63) is 0 Å². The molecule has 2 aliphatic rings. The van der Waals surface area contributed by atoms with Crippen LogP contribution in [0.2, 0.25) is 0 Å². The number of methoxy groups -OCH3 is 2. The monoisotopic (exact) mass is 270 g/mol. The highest BCUT2D eigenvalue weighted by atomic mass is 16.7. The van der Waals surface area contributed by atoms with Crippen LogP contribution in [0.5, 0.6) is 0 Å². The van der Waals surface area contributed by atoms with Crippen molar-refractivity contribution >= 4 is 0 Å². The predicted octanol–water partition coefficient (Wildman–Crippen LogP) is 1.89. The van der Waals surface area contributed by atoms with E-state index in [0.717, 1.165) is 5.92 Å². The van der Waals surface area contributed by atoms with E-state index >= 15 is 0 Å². The van der Waals surface area contributed by atoms with Crippen molar-refractivity contribution in [3.8, 4) is 0 Å². The minimum Gasteiger partial charge on any atom is -0.354 e. The predicted molar refractivity (Wildman–Crippen MR) is 77.2 cm³/mol. The molecule has 4 heteroatoms. The second-order valence-corrected chi connectivity index (χ2v) is 6.05. The van der Waals surface area contributed by atoms with Crippen LogP contribution in [0.15, 0.2) is 0 Å². The van der Waals surface area contributed by atoms with Gasteiger partial charge in [-0.15, -0.1) is 0 Å². The first-order valence-electron chi connectivity index (χ1n) is 7.81. The summed E-state index contributed by atoms with van der Waals surface area (Å²) in [6.07, 6.45) is 7.89. The normalized spacial score (nSPS) is 33.8. The Morgan fingerprint density at radius 3 is 2.42 bits per heavy atom. The van der Waals surface area contributed by atoms with Crippen molar-refractivity contribution in [3.63, 3.8) is 0 Å². The first-order chi connectivity index (χ1) is 9.26. The molecule has 19 heavy (non-hydrogen) atoms. The molecule has 1 aliphatic carbocycles. The number of hydrogen-bond acceptors (Lipinski definition) is 4. The van der Waals surface area contributed by atoms with Crippen molar-refractivity contribution in [1.29, 1.82) is 0 Å². The molecule has 4 nitrogen and oxygen atoms in total. The van der Waals surface area contributed by atoms with Gasteiger partial charge in [0.05, 0.1) is 6.04 Å². The highest BCUT2D eigenvalue weighted by Gasteiger charge is 2.34. The second kappa shape index (κ2) is 7.58. The highest BCUT2D eigenvalue weighted by molar-refractivity contribution is 4.92. The van der Waals surface area contributed by atoms with Crippen LogP contribution >= 0.6 is 0 Å². The zero-order chi connectivity index (χ0) is 13.7.